The van der Waals surface area contributed by atoms with Crippen LogP contribution < -0.4 is 10.5 Å². The molecule has 0 saturated heterocycles. The van der Waals surface area contributed by atoms with Crippen molar-refractivity contribution >= 4 is 61.4 Å². The monoisotopic (exact) mass is 562 g/mol. The average molecular weight is 562 g/mol. The lowest BCUT2D eigenvalue weighted by atomic mass is 10.1. The SMILES string of the molecule is CCNS(=O)(=O)CCn1c(Sc2cc3c(cc2I)CCC3F)nc2c(N)ncnc21. The maximum absolute atomic E-state index is 14.2. The van der Waals surface area contributed by atoms with Crippen molar-refractivity contribution < 1.29 is 12.8 Å². The number of nitrogens with one attached hydrogen (secondary N) is 1. The number of hydrogen-bond acceptors (Lipinski definition) is 7. The molecule has 1 aromatic carbocycles. The van der Waals surface area contributed by atoms with Crippen LogP contribution in [0, 0.1) is 3.57 Å². The number of alkyl halides is 1. The summed E-state index contributed by atoms with van der Waals surface area (Å²) in [5.74, 6) is 0.0973. The quantitative estimate of drug-likeness (QED) is 0.426. The second-order valence-corrected chi connectivity index (χ2v) is 11.0. The van der Waals surface area contributed by atoms with Gasteiger partial charge in [0.2, 0.25) is 10.0 Å². The first-order valence-electron chi connectivity index (χ1n) is 9.37. The zero-order valence-electron chi connectivity index (χ0n) is 16.1. The Bertz CT molecular complexity index is 1220. The zero-order valence-corrected chi connectivity index (χ0v) is 19.9. The van der Waals surface area contributed by atoms with Gasteiger partial charge in [-0.3, -0.25) is 0 Å². The molecule has 0 radical (unpaired) electrons. The summed E-state index contributed by atoms with van der Waals surface area (Å²) in [6.45, 7) is 2.20. The lowest BCUT2D eigenvalue weighted by Gasteiger charge is -2.11. The molecular weight excluding hydrogens is 542 g/mol. The van der Waals surface area contributed by atoms with Gasteiger partial charge in [0.1, 0.15) is 12.5 Å². The van der Waals surface area contributed by atoms with Crippen molar-refractivity contribution in [1.29, 1.82) is 0 Å². The molecule has 1 unspecified atom stereocenters. The number of aryl methyl sites for hydroxylation is 2. The number of nitrogens with two attached hydrogens (primary N) is 1. The highest BCUT2D eigenvalue weighted by molar-refractivity contribution is 14.1. The summed E-state index contributed by atoms with van der Waals surface area (Å²) in [7, 11) is -3.43. The topological polar surface area (TPSA) is 116 Å². The lowest BCUT2D eigenvalue weighted by Crippen LogP contribution is -2.28. The second-order valence-electron chi connectivity index (χ2n) is 6.88. The summed E-state index contributed by atoms with van der Waals surface area (Å²) in [5.41, 5.74) is 8.61. The number of aromatic nitrogens is 4. The van der Waals surface area contributed by atoms with E-state index < -0.39 is 16.2 Å². The minimum Gasteiger partial charge on any atom is -0.382 e. The van der Waals surface area contributed by atoms with Gasteiger partial charge < -0.3 is 10.3 Å². The molecule has 1 atom stereocenters. The van der Waals surface area contributed by atoms with Gasteiger partial charge in [0, 0.05) is 21.6 Å². The molecule has 12 heteroatoms. The van der Waals surface area contributed by atoms with Gasteiger partial charge in [-0.1, -0.05) is 18.7 Å². The maximum atomic E-state index is 14.2. The Morgan fingerprint density at radius 2 is 2.20 bits per heavy atom. The highest BCUT2D eigenvalue weighted by Crippen LogP contribution is 2.41. The Labute approximate surface area is 191 Å². The van der Waals surface area contributed by atoms with Gasteiger partial charge in [0.05, 0.1) is 5.75 Å². The Balaban J connectivity index is 1.74. The molecule has 2 heterocycles. The van der Waals surface area contributed by atoms with E-state index in [-0.39, 0.29) is 18.1 Å². The van der Waals surface area contributed by atoms with Crippen LogP contribution in [0.4, 0.5) is 10.2 Å². The number of fused-ring (bicyclic) bond motifs is 2. The Kier molecular flexibility index (Phi) is 6.19. The molecule has 2 aromatic heterocycles. The van der Waals surface area contributed by atoms with Crippen LogP contribution in [-0.2, 0) is 23.0 Å². The van der Waals surface area contributed by atoms with Gasteiger partial charge in [0.25, 0.3) is 0 Å². The number of nitrogens with zero attached hydrogens (tertiary/aromatic N) is 4. The molecule has 3 aromatic rings. The van der Waals surface area contributed by atoms with E-state index in [2.05, 4.69) is 42.3 Å². The number of rotatable bonds is 7. The molecule has 0 fully saturated rings. The van der Waals surface area contributed by atoms with Crippen LogP contribution in [0.1, 0.15) is 30.6 Å². The number of nitrogen functional groups attached to an aromatic ring is 1. The van der Waals surface area contributed by atoms with Crippen molar-refractivity contribution in [2.45, 2.75) is 42.5 Å². The zero-order chi connectivity index (χ0) is 21.5. The van der Waals surface area contributed by atoms with Crippen molar-refractivity contribution in [3.63, 3.8) is 0 Å². The van der Waals surface area contributed by atoms with E-state index >= 15 is 0 Å². The largest absolute Gasteiger partial charge is 0.382 e. The Morgan fingerprint density at radius 1 is 1.40 bits per heavy atom. The number of anilines is 1. The molecule has 1 aliphatic carbocycles. The average Bonchev–Trinajstić information content (AvgIpc) is 3.22. The second kappa shape index (κ2) is 8.55. The number of hydrogen-bond donors (Lipinski definition) is 2. The van der Waals surface area contributed by atoms with Crippen molar-refractivity contribution in [2.24, 2.45) is 0 Å². The number of benzene rings is 1. The fraction of sp³-hybridized carbons (Fsp3) is 0.389. The fourth-order valence-corrected chi connectivity index (χ4v) is 6.28. The third-order valence-corrected chi connectivity index (χ3v) is 8.63. The minimum atomic E-state index is -3.43. The molecular formula is C18H20FIN6O2S2. The Hall–Kier alpha value is -1.51. The highest BCUT2D eigenvalue weighted by Gasteiger charge is 2.25. The van der Waals surface area contributed by atoms with Gasteiger partial charge in [-0.2, -0.15) is 0 Å². The van der Waals surface area contributed by atoms with Crippen LogP contribution in [0.15, 0.2) is 28.5 Å². The molecule has 4 rings (SSSR count). The van der Waals surface area contributed by atoms with Crippen LogP contribution in [0.5, 0.6) is 0 Å². The van der Waals surface area contributed by atoms with Gasteiger partial charge in [0.15, 0.2) is 22.1 Å². The fourth-order valence-electron chi connectivity index (χ4n) is 3.45. The summed E-state index contributed by atoms with van der Waals surface area (Å²) >= 11 is 3.58. The van der Waals surface area contributed by atoms with Crippen molar-refractivity contribution in [1.82, 2.24) is 24.2 Å². The summed E-state index contributed by atoms with van der Waals surface area (Å²) in [5, 5.41) is 0.537. The van der Waals surface area contributed by atoms with Crippen LogP contribution >= 0.6 is 34.4 Å². The molecule has 0 aliphatic heterocycles. The molecule has 160 valence electrons. The van der Waals surface area contributed by atoms with Gasteiger partial charge in [-0.15, -0.1) is 0 Å². The molecule has 0 amide bonds. The number of imidazole rings is 1. The summed E-state index contributed by atoms with van der Waals surface area (Å²) in [6.07, 6.45) is 1.62. The first-order valence-corrected chi connectivity index (χ1v) is 12.9. The number of sulfonamides is 1. The lowest BCUT2D eigenvalue weighted by molar-refractivity contribution is 0.343. The van der Waals surface area contributed by atoms with E-state index in [1.165, 1.54) is 18.1 Å². The summed E-state index contributed by atoms with van der Waals surface area (Å²) in [6, 6.07) is 3.88. The normalized spacial score (nSPS) is 16.3. The first kappa shape index (κ1) is 21.7. The van der Waals surface area contributed by atoms with E-state index in [1.54, 1.807) is 11.5 Å². The van der Waals surface area contributed by atoms with Crippen molar-refractivity contribution in [3.8, 4) is 0 Å². The van der Waals surface area contributed by atoms with Crippen LogP contribution in [0.25, 0.3) is 11.2 Å². The van der Waals surface area contributed by atoms with Crippen molar-refractivity contribution in [2.75, 3.05) is 18.0 Å². The van der Waals surface area contributed by atoms with Gasteiger partial charge in [-0.05, 0) is 58.7 Å². The molecule has 0 spiro atoms. The molecule has 8 nitrogen and oxygen atoms in total. The molecule has 0 bridgehead atoms. The molecule has 0 saturated carbocycles. The van der Waals surface area contributed by atoms with Crippen LogP contribution in [-0.4, -0.2) is 40.2 Å². The predicted molar refractivity (Wildman–Crippen MR) is 123 cm³/mol. The van der Waals surface area contributed by atoms with Crippen LogP contribution in [0.3, 0.4) is 0 Å². The van der Waals surface area contributed by atoms with Crippen molar-refractivity contribution in [3.05, 3.63) is 33.2 Å². The maximum Gasteiger partial charge on any atom is 0.213 e. The smallest absolute Gasteiger partial charge is 0.213 e. The van der Waals surface area contributed by atoms with Crippen LogP contribution in [0.2, 0.25) is 0 Å². The highest BCUT2D eigenvalue weighted by atomic mass is 127. The third-order valence-electron chi connectivity index (χ3n) is 4.87. The minimum absolute atomic E-state index is 0.127. The van der Waals surface area contributed by atoms with E-state index in [1.807, 2.05) is 12.1 Å². The number of halogens is 2. The molecule has 30 heavy (non-hydrogen) atoms. The van der Waals surface area contributed by atoms with E-state index in [0.717, 1.165) is 26.0 Å². The van der Waals surface area contributed by atoms with E-state index in [0.29, 0.717) is 29.3 Å². The Morgan fingerprint density at radius 3 is 2.97 bits per heavy atom. The third kappa shape index (κ3) is 4.27. The van der Waals surface area contributed by atoms with Gasteiger partial charge >= 0.3 is 0 Å². The van der Waals surface area contributed by atoms with E-state index in [9.17, 15) is 12.8 Å². The molecule has 3 N–H and O–H groups in total. The van der Waals surface area contributed by atoms with E-state index in [4.69, 9.17) is 5.73 Å². The summed E-state index contributed by atoms with van der Waals surface area (Å²) in [4.78, 5) is 13.7. The standard InChI is InChI=1S/C18H20FIN6O2S2/c1-2-24-30(27,28)6-5-26-17-15(16(21)22-9-23-17)25-18(26)29-14-8-11-10(7-13(14)20)3-4-12(11)19/h7-9,12,24H,2-6H2,1H3,(H2,21,22,23). The van der Waals surface area contributed by atoms with Gasteiger partial charge in [-0.25, -0.2) is 32.5 Å². The molecule has 1 aliphatic rings. The first-order chi connectivity index (χ1) is 14.3. The predicted octanol–water partition coefficient (Wildman–Crippen LogP) is 3.06. The summed E-state index contributed by atoms with van der Waals surface area (Å²) < 4.78 is 43.8.